The molecule has 2 atom stereocenters. The largest absolute Gasteiger partial charge is 0.465 e. The van der Waals surface area contributed by atoms with Crippen LogP contribution in [0.3, 0.4) is 0 Å². The van der Waals surface area contributed by atoms with Crippen molar-refractivity contribution in [1.29, 1.82) is 0 Å². The second-order valence-corrected chi connectivity index (χ2v) is 6.84. The fourth-order valence-electron chi connectivity index (χ4n) is 2.07. The molecule has 0 fully saturated rings. The molecule has 1 aliphatic rings. The van der Waals surface area contributed by atoms with Crippen LogP contribution in [-0.4, -0.2) is 25.2 Å². The van der Waals surface area contributed by atoms with Crippen molar-refractivity contribution in [3.63, 3.8) is 0 Å². The first-order valence-electron chi connectivity index (χ1n) is 7.49. The molecule has 5 heteroatoms. The highest BCUT2D eigenvalue weighted by molar-refractivity contribution is 6.29. The number of hydrogen-bond donors (Lipinski definition) is 0. The Balaban J connectivity index is 2.69. The van der Waals surface area contributed by atoms with E-state index in [1.807, 2.05) is 27.7 Å². The van der Waals surface area contributed by atoms with Gasteiger partial charge < -0.3 is 9.47 Å². The predicted molar refractivity (Wildman–Crippen MR) is 81.7 cm³/mol. The van der Waals surface area contributed by atoms with E-state index in [2.05, 4.69) is 0 Å². The lowest BCUT2D eigenvalue weighted by atomic mass is 9.83. The summed E-state index contributed by atoms with van der Waals surface area (Å²) in [5, 5.41) is 0.606. The summed E-state index contributed by atoms with van der Waals surface area (Å²) in [6.45, 7) is 8.59. The van der Waals surface area contributed by atoms with Gasteiger partial charge in [0.2, 0.25) is 0 Å². The number of halogens is 1. The molecule has 0 saturated carbocycles. The number of hydrogen-bond acceptors (Lipinski definition) is 4. The van der Waals surface area contributed by atoms with Crippen LogP contribution < -0.4 is 0 Å². The zero-order valence-electron chi connectivity index (χ0n) is 13.2. The van der Waals surface area contributed by atoms with Crippen LogP contribution in [-0.2, 0) is 19.1 Å². The molecule has 0 radical (unpaired) electrons. The summed E-state index contributed by atoms with van der Waals surface area (Å²) < 4.78 is 10.5. The summed E-state index contributed by atoms with van der Waals surface area (Å²) in [5.41, 5.74) is 0. The van der Waals surface area contributed by atoms with Gasteiger partial charge in [0.1, 0.15) is 0 Å². The number of ether oxygens (including phenoxy) is 2. The lowest BCUT2D eigenvalue weighted by molar-refractivity contribution is -0.162. The van der Waals surface area contributed by atoms with Crippen LogP contribution in [0, 0.1) is 23.7 Å². The Labute approximate surface area is 131 Å². The van der Waals surface area contributed by atoms with Gasteiger partial charge in [0.05, 0.1) is 25.0 Å². The Morgan fingerprint density at radius 2 is 1.57 bits per heavy atom. The number of carbonyl (C=O) groups excluding carboxylic acids is 2. The molecule has 1 rings (SSSR count). The van der Waals surface area contributed by atoms with Crippen molar-refractivity contribution in [3.8, 4) is 0 Å². The van der Waals surface area contributed by atoms with Crippen LogP contribution in [0.4, 0.5) is 0 Å². The normalized spacial score (nSPS) is 22.1. The van der Waals surface area contributed by atoms with Crippen molar-refractivity contribution in [2.75, 3.05) is 13.2 Å². The highest BCUT2D eigenvalue weighted by Gasteiger charge is 2.38. The van der Waals surface area contributed by atoms with E-state index in [0.29, 0.717) is 31.1 Å². The maximum Gasteiger partial charge on any atom is 0.310 e. The molecule has 4 nitrogen and oxygen atoms in total. The first kappa shape index (κ1) is 18.0. The quantitative estimate of drug-likeness (QED) is 0.703. The molecule has 0 saturated heterocycles. The van der Waals surface area contributed by atoms with Gasteiger partial charge in [-0.1, -0.05) is 45.4 Å². The van der Waals surface area contributed by atoms with Crippen LogP contribution in [0.25, 0.3) is 0 Å². The number of allylic oxidation sites excluding steroid dienone is 2. The predicted octanol–water partition coefficient (Wildman–Crippen LogP) is 3.53. The van der Waals surface area contributed by atoms with E-state index in [1.54, 1.807) is 6.08 Å². The van der Waals surface area contributed by atoms with Crippen LogP contribution in [0.2, 0.25) is 0 Å². The molecular formula is C16H25ClO4. The number of esters is 2. The van der Waals surface area contributed by atoms with Crippen molar-refractivity contribution >= 4 is 23.5 Å². The SMILES string of the molecule is CC(C)COC(=O)C1CC=C(Cl)CC1C(=O)OCC(C)C. The molecule has 0 heterocycles. The Kier molecular flexibility index (Phi) is 7.23. The van der Waals surface area contributed by atoms with E-state index in [4.69, 9.17) is 21.1 Å². The van der Waals surface area contributed by atoms with Crippen LogP contribution in [0.1, 0.15) is 40.5 Å². The fraction of sp³-hybridized carbons (Fsp3) is 0.750. The van der Waals surface area contributed by atoms with Crippen molar-refractivity contribution < 1.29 is 19.1 Å². The van der Waals surface area contributed by atoms with Crippen molar-refractivity contribution in [3.05, 3.63) is 11.1 Å². The molecule has 0 aliphatic heterocycles. The molecule has 1 aliphatic carbocycles. The van der Waals surface area contributed by atoms with Gasteiger partial charge in [0.25, 0.3) is 0 Å². The molecule has 2 unspecified atom stereocenters. The van der Waals surface area contributed by atoms with E-state index >= 15 is 0 Å². The second kappa shape index (κ2) is 8.42. The molecule has 120 valence electrons. The van der Waals surface area contributed by atoms with Gasteiger partial charge in [-0.15, -0.1) is 0 Å². The average molecular weight is 317 g/mol. The van der Waals surface area contributed by atoms with E-state index in [1.165, 1.54) is 0 Å². The maximum absolute atomic E-state index is 12.2. The molecule has 21 heavy (non-hydrogen) atoms. The lowest BCUT2D eigenvalue weighted by Gasteiger charge is -2.27. The standard InChI is InChI=1S/C16H25ClO4/c1-10(2)8-20-15(18)13-6-5-12(17)7-14(13)16(19)21-9-11(3)4/h5,10-11,13-14H,6-9H2,1-4H3. The highest BCUT2D eigenvalue weighted by Crippen LogP contribution is 2.33. The average Bonchev–Trinajstić information content (AvgIpc) is 2.41. The van der Waals surface area contributed by atoms with E-state index in [-0.39, 0.29) is 23.8 Å². The Morgan fingerprint density at radius 1 is 1.10 bits per heavy atom. The Bertz CT molecular complexity index is 401. The zero-order valence-corrected chi connectivity index (χ0v) is 14.0. The van der Waals surface area contributed by atoms with Crippen LogP contribution >= 0.6 is 11.6 Å². The first-order chi connectivity index (χ1) is 9.81. The summed E-state index contributed by atoms with van der Waals surface area (Å²) in [6.07, 6.45) is 2.56. The van der Waals surface area contributed by atoms with E-state index in [0.717, 1.165) is 0 Å². The number of rotatable bonds is 6. The van der Waals surface area contributed by atoms with Gasteiger partial charge in [-0.05, 0) is 24.7 Å². The van der Waals surface area contributed by atoms with Gasteiger partial charge in [-0.2, -0.15) is 0 Å². The van der Waals surface area contributed by atoms with Crippen molar-refractivity contribution in [1.82, 2.24) is 0 Å². The summed E-state index contributed by atoms with van der Waals surface area (Å²) in [6, 6.07) is 0. The molecule has 0 amide bonds. The van der Waals surface area contributed by atoms with Gasteiger partial charge in [0, 0.05) is 5.03 Å². The summed E-state index contributed by atoms with van der Waals surface area (Å²) >= 11 is 6.02. The topological polar surface area (TPSA) is 52.6 Å². The van der Waals surface area contributed by atoms with Gasteiger partial charge in [0.15, 0.2) is 0 Å². The first-order valence-corrected chi connectivity index (χ1v) is 7.86. The molecule has 0 aromatic rings. The maximum atomic E-state index is 12.2. The lowest BCUT2D eigenvalue weighted by Crippen LogP contribution is -2.35. The van der Waals surface area contributed by atoms with E-state index in [9.17, 15) is 9.59 Å². The molecule has 0 spiro atoms. The monoisotopic (exact) mass is 316 g/mol. The van der Waals surface area contributed by atoms with Gasteiger partial charge >= 0.3 is 11.9 Å². The van der Waals surface area contributed by atoms with Crippen molar-refractivity contribution in [2.24, 2.45) is 23.7 Å². The minimum atomic E-state index is -0.541. The Morgan fingerprint density at radius 3 is 2.05 bits per heavy atom. The third kappa shape index (κ3) is 6.08. The molecule has 0 N–H and O–H groups in total. The fourth-order valence-corrected chi connectivity index (χ4v) is 2.33. The van der Waals surface area contributed by atoms with Crippen LogP contribution in [0.5, 0.6) is 0 Å². The summed E-state index contributed by atoms with van der Waals surface area (Å²) in [4.78, 5) is 24.3. The smallest absolute Gasteiger partial charge is 0.310 e. The second-order valence-electron chi connectivity index (χ2n) is 6.35. The minimum absolute atomic E-state index is 0.259. The third-order valence-corrected chi connectivity index (χ3v) is 3.53. The van der Waals surface area contributed by atoms with Crippen molar-refractivity contribution in [2.45, 2.75) is 40.5 Å². The Hall–Kier alpha value is -1.03. The summed E-state index contributed by atoms with van der Waals surface area (Å²) in [7, 11) is 0. The number of carbonyl (C=O) groups is 2. The van der Waals surface area contributed by atoms with Crippen LogP contribution in [0.15, 0.2) is 11.1 Å². The summed E-state index contributed by atoms with van der Waals surface area (Å²) in [5.74, 6) is -1.21. The zero-order chi connectivity index (χ0) is 16.0. The van der Waals surface area contributed by atoms with E-state index < -0.39 is 11.8 Å². The molecule has 0 aromatic heterocycles. The molecule has 0 bridgehead atoms. The molecule has 0 aromatic carbocycles. The third-order valence-electron chi connectivity index (χ3n) is 3.22. The van der Waals surface area contributed by atoms with Gasteiger partial charge in [-0.3, -0.25) is 9.59 Å². The minimum Gasteiger partial charge on any atom is -0.465 e. The highest BCUT2D eigenvalue weighted by atomic mass is 35.5. The molecular weight excluding hydrogens is 292 g/mol. The van der Waals surface area contributed by atoms with Gasteiger partial charge in [-0.25, -0.2) is 0 Å².